The molecule has 0 radical (unpaired) electrons. The molecule has 1 amide bonds. The summed E-state index contributed by atoms with van der Waals surface area (Å²) in [5, 5.41) is 0.338. The summed E-state index contributed by atoms with van der Waals surface area (Å²) in [6.45, 7) is 4.78. The van der Waals surface area contributed by atoms with Crippen LogP contribution < -0.4 is 9.64 Å². The molecule has 0 bridgehead atoms. The van der Waals surface area contributed by atoms with Crippen molar-refractivity contribution in [3.63, 3.8) is 0 Å². The number of carbonyl (C=O) groups is 1. The van der Waals surface area contributed by atoms with E-state index < -0.39 is 10.0 Å². The van der Waals surface area contributed by atoms with Gasteiger partial charge in [-0.3, -0.25) is 4.79 Å². The van der Waals surface area contributed by atoms with Gasteiger partial charge in [-0.25, -0.2) is 8.42 Å². The molecule has 1 atom stereocenters. The second-order valence-corrected chi connectivity index (χ2v) is 11.5. The Balaban J connectivity index is 1.49. The normalized spacial score (nSPS) is 19.8. The lowest BCUT2D eigenvalue weighted by Crippen LogP contribution is -2.46. The van der Waals surface area contributed by atoms with Crippen molar-refractivity contribution in [2.75, 3.05) is 24.6 Å². The summed E-state index contributed by atoms with van der Waals surface area (Å²) >= 11 is 9.57. The SMILES string of the molecule is CCOc1ccc(Cl)cc1S(=O)(=O)N1CCC(C(=O)N2c3ccc(Br)cc3CC2C)CC1. The molecule has 0 aromatic heterocycles. The quantitative estimate of drug-likeness (QED) is 0.541. The minimum atomic E-state index is -3.78. The number of carbonyl (C=O) groups excluding carboxylic acids is 1. The van der Waals surface area contributed by atoms with Crippen LogP contribution in [-0.2, 0) is 21.2 Å². The second-order valence-electron chi connectivity index (χ2n) is 8.24. The number of piperidine rings is 1. The van der Waals surface area contributed by atoms with Crippen molar-refractivity contribution < 1.29 is 17.9 Å². The van der Waals surface area contributed by atoms with E-state index in [9.17, 15) is 13.2 Å². The fourth-order valence-corrected chi connectivity index (χ4v) is 6.84. The van der Waals surface area contributed by atoms with E-state index in [2.05, 4.69) is 28.9 Å². The molecule has 6 nitrogen and oxygen atoms in total. The summed E-state index contributed by atoms with van der Waals surface area (Å²) < 4.78 is 34.6. The van der Waals surface area contributed by atoms with E-state index in [4.69, 9.17) is 16.3 Å². The van der Waals surface area contributed by atoms with Crippen LogP contribution in [0, 0.1) is 5.92 Å². The predicted molar refractivity (Wildman–Crippen MR) is 129 cm³/mol. The highest BCUT2D eigenvalue weighted by molar-refractivity contribution is 9.10. The molecule has 0 spiro atoms. The summed E-state index contributed by atoms with van der Waals surface area (Å²) in [4.78, 5) is 15.3. The number of ether oxygens (including phenoxy) is 1. The van der Waals surface area contributed by atoms with Gasteiger partial charge in [0.05, 0.1) is 6.61 Å². The monoisotopic (exact) mass is 540 g/mol. The maximum absolute atomic E-state index is 13.4. The lowest BCUT2D eigenvalue weighted by atomic mass is 9.96. The zero-order valence-electron chi connectivity index (χ0n) is 18.1. The molecular weight excluding hydrogens is 516 g/mol. The summed E-state index contributed by atoms with van der Waals surface area (Å²) in [5.74, 6) is 0.168. The molecule has 0 saturated carbocycles. The zero-order chi connectivity index (χ0) is 23.0. The number of hydrogen-bond acceptors (Lipinski definition) is 4. The number of anilines is 1. The van der Waals surface area contributed by atoms with E-state index in [1.54, 1.807) is 19.1 Å². The van der Waals surface area contributed by atoms with Crippen LogP contribution >= 0.6 is 27.5 Å². The zero-order valence-corrected chi connectivity index (χ0v) is 21.2. The van der Waals surface area contributed by atoms with E-state index in [0.717, 1.165) is 22.1 Å². The van der Waals surface area contributed by atoms with E-state index in [1.165, 1.54) is 10.4 Å². The Morgan fingerprint density at radius 2 is 1.91 bits per heavy atom. The molecule has 1 unspecified atom stereocenters. The van der Waals surface area contributed by atoms with E-state index >= 15 is 0 Å². The lowest BCUT2D eigenvalue weighted by Gasteiger charge is -2.34. The molecule has 2 aliphatic heterocycles. The molecular formula is C23H26BrClN2O4S. The van der Waals surface area contributed by atoms with Gasteiger partial charge in [-0.15, -0.1) is 0 Å². The average molecular weight is 542 g/mol. The Labute approximate surface area is 202 Å². The standard InChI is InChI=1S/C23H26BrClN2O4S/c1-3-31-21-7-5-19(25)14-22(21)32(29,30)26-10-8-16(9-11-26)23(28)27-15(2)12-17-13-18(24)4-6-20(17)27/h4-7,13-16H,3,8-12H2,1-2H3. The highest BCUT2D eigenvalue weighted by atomic mass is 79.9. The van der Waals surface area contributed by atoms with Gasteiger partial charge < -0.3 is 9.64 Å². The van der Waals surface area contributed by atoms with Gasteiger partial charge in [0.15, 0.2) is 0 Å². The second kappa shape index (κ2) is 9.33. The first-order valence-electron chi connectivity index (χ1n) is 10.8. The van der Waals surface area contributed by atoms with Gasteiger partial charge in [-0.2, -0.15) is 4.31 Å². The Hall–Kier alpha value is -1.61. The van der Waals surface area contributed by atoms with Crippen LogP contribution in [0.25, 0.3) is 0 Å². The van der Waals surface area contributed by atoms with Gasteiger partial charge in [-0.05, 0) is 75.1 Å². The minimum absolute atomic E-state index is 0.0734. The Bertz CT molecular complexity index is 1130. The molecule has 2 aromatic carbocycles. The van der Waals surface area contributed by atoms with Gasteiger partial charge >= 0.3 is 0 Å². The third-order valence-corrected chi connectivity index (χ3v) is 8.77. The van der Waals surface area contributed by atoms with Crippen LogP contribution in [0.1, 0.15) is 32.3 Å². The number of rotatable bonds is 5. The molecule has 2 heterocycles. The molecule has 1 saturated heterocycles. The number of amides is 1. The number of benzene rings is 2. The molecule has 9 heteroatoms. The average Bonchev–Trinajstić information content (AvgIpc) is 3.09. The van der Waals surface area contributed by atoms with Gasteiger partial charge in [0.2, 0.25) is 15.9 Å². The van der Waals surface area contributed by atoms with Crippen molar-refractivity contribution >= 4 is 49.1 Å². The van der Waals surface area contributed by atoms with E-state index in [0.29, 0.717) is 30.2 Å². The van der Waals surface area contributed by atoms with Crippen molar-refractivity contribution in [1.82, 2.24) is 4.31 Å². The summed E-state index contributed by atoms with van der Waals surface area (Å²) in [7, 11) is -3.78. The van der Waals surface area contributed by atoms with Gasteiger partial charge in [0, 0.05) is 40.2 Å². The van der Waals surface area contributed by atoms with Crippen molar-refractivity contribution in [1.29, 1.82) is 0 Å². The summed E-state index contributed by atoms with van der Waals surface area (Å²) in [6.07, 6.45) is 1.79. The molecule has 1 fully saturated rings. The Morgan fingerprint density at radius 3 is 2.59 bits per heavy atom. The van der Waals surface area contributed by atoms with Crippen LogP contribution in [0.15, 0.2) is 45.8 Å². The van der Waals surface area contributed by atoms with E-state index in [1.807, 2.05) is 17.0 Å². The fourth-order valence-electron chi connectivity index (χ4n) is 4.57. The Morgan fingerprint density at radius 1 is 1.19 bits per heavy atom. The maximum Gasteiger partial charge on any atom is 0.246 e. The van der Waals surface area contributed by atoms with Crippen molar-refractivity contribution in [2.45, 2.75) is 44.0 Å². The lowest BCUT2D eigenvalue weighted by molar-refractivity contribution is -0.123. The third kappa shape index (κ3) is 4.42. The first kappa shape index (κ1) is 23.5. The van der Waals surface area contributed by atoms with Crippen molar-refractivity contribution in [3.8, 4) is 5.75 Å². The van der Waals surface area contributed by atoms with E-state index in [-0.39, 0.29) is 35.9 Å². The number of nitrogens with zero attached hydrogens (tertiary/aromatic N) is 2. The molecule has 0 N–H and O–H groups in total. The summed E-state index contributed by atoms with van der Waals surface area (Å²) in [5.41, 5.74) is 2.12. The van der Waals surface area contributed by atoms with Crippen molar-refractivity contribution in [2.24, 2.45) is 5.92 Å². The fraction of sp³-hybridized carbons (Fsp3) is 0.435. The number of halogens is 2. The minimum Gasteiger partial charge on any atom is -0.492 e. The van der Waals surface area contributed by atoms with Crippen LogP contribution in [0.2, 0.25) is 5.02 Å². The largest absolute Gasteiger partial charge is 0.492 e. The molecule has 32 heavy (non-hydrogen) atoms. The van der Waals surface area contributed by atoms with Gasteiger partial charge in [0.1, 0.15) is 10.6 Å². The van der Waals surface area contributed by atoms with Crippen LogP contribution in [0.4, 0.5) is 5.69 Å². The van der Waals surface area contributed by atoms with Crippen LogP contribution in [-0.4, -0.2) is 44.4 Å². The van der Waals surface area contributed by atoms with Gasteiger partial charge in [0.25, 0.3) is 0 Å². The van der Waals surface area contributed by atoms with Crippen LogP contribution in [0.5, 0.6) is 5.75 Å². The summed E-state index contributed by atoms with van der Waals surface area (Å²) in [6, 6.07) is 10.7. The smallest absolute Gasteiger partial charge is 0.246 e. The first-order valence-corrected chi connectivity index (χ1v) is 13.4. The Kier molecular flexibility index (Phi) is 6.86. The third-order valence-electron chi connectivity index (χ3n) is 6.12. The number of hydrogen-bond donors (Lipinski definition) is 0. The molecule has 2 aromatic rings. The van der Waals surface area contributed by atoms with Crippen molar-refractivity contribution in [3.05, 3.63) is 51.5 Å². The van der Waals surface area contributed by atoms with Crippen LogP contribution in [0.3, 0.4) is 0 Å². The topological polar surface area (TPSA) is 66.9 Å². The first-order chi connectivity index (χ1) is 15.2. The number of fused-ring (bicyclic) bond motifs is 1. The molecule has 2 aliphatic rings. The maximum atomic E-state index is 13.4. The van der Waals surface area contributed by atoms with Gasteiger partial charge in [-0.1, -0.05) is 27.5 Å². The molecule has 172 valence electrons. The molecule has 4 rings (SSSR count). The number of sulfonamides is 1. The predicted octanol–water partition coefficient (Wildman–Crippen LogP) is 4.88. The highest BCUT2D eigenvalue weighted by Crippen LogP contribution is 2.37. The molecule has 0 aliphatic carbocycles. The highest BCUT2D eigenvalue weighted by Gasteiger charge is 2.38.